The molecule has 0 fully saturated rings. The van der Waals surface area contributed by atoms with Crippen LogP contribution in [0.5, 0.6) is 0 Å². The summed E-state index contributed by atoms with van der Waals surface area (Å²) in [7, 11) is 0. The molecule has 0 aliphatic carbocycles. The van der Waals surface area contributed by atoms with E-state index in [1.54, 1.807) is 17.7 Å². The Kier molecular flexibility index (Phi) is 4.23. The minimum Gasteiger partial charge on any atom is -0.240 e. The van der Waals surface area contributed by atoms with Crippen LogP contribution in [0.25, 0.3) is 10.2 Å². The molecule has 2 nitrogen and oxygen atoms in total. The zero-order valence-electron chi connectivity index (χ0n) is 11.3. The van der Waals surface area contributed by atoms with Gasteiger partial charge in [-0.05, 0) is 25.3 Å². The van der Waals surface area contributed by atoms with Crippen LogP contribution >= 0.6 is 22.9 Å². The van der Waals surface area contributed by atoms with Crippen molar-refractivity contribution in [3.63, 3.8) is 0 Å². The molecule has 0 bridgehead atoms. The van der Waals surface area contributed by atoms with Gasteiger partial charge < -0.3 is 0 Å². The van der Waals surface area contributed by atoms with E-state index >= 15 is 0 Å². The highest BCUT2D eigenvalue weighted by Gasteiger charge is 2.25. The third-order valence-corrected chi connectivity index (χ3v) is 4.75. The Hall–Kier alpha value is -0.670. The first-order valence-corrected chi connectivity index (χ1v) is 7.67. The van der Waals surface area contributed by atoms with Crippen molar-refractivity contribution in [3.8, 4) is 0 Å². The highest BCUT2D eigenvalue weighted by atomic mass is 35.5. The Morgan fingerprint density at radius 1 is 1.28 bits per heavy atom. The van der Waals surface area contributed by atoms with E-state index in [1.807, 2.05) is 6.92 Å². The largest absolute Gasteiger partial charge is 0.240 e. The molecule has 98 valence electrons. The van der Waals surface area contributed by atoms with Crippen LogP contribution in [0, 0.1) is 5.92 Å². The molecule has 4 heteroatoms. The van der Waals surface area contributed by atoms with Gasteiger partial charge in [0.05, 0.1) is 5.69 Å². The zero-order valence-corrected chi connectivity index (χ0v) is 12.8. The van der Waals surface area contributed by atoms with Crippen LogP contribution in [0.3, 0.4) is 0 Å². The molecule has 0 aliphatic rings. The normalized spacial score (nSPS) is 15.2. The number of rotatable bonds is 4. The lowest BCUT2D eigenvalue weighted by Gasteiger charge is -2.23. The second-order valence-electron chi connectivity index (χ2n) is 4.99. The maximum Gasteiger partial charge on any atom is 0.127 e. The van der Waals surface area contributed by atoms with Crippen molar-refractivity contribution in [2.24, 2.45) is 5.92 Å². The van der Waals surface area contributed by atoms with Gasteiger partial charge in [0.1, 0.15) is 11.2 Å². The summed E-state index contributed by atoms with van der Waals surface area (Å²) in [5.74, 6) is 0.747. The van der Waals surface area contributed by atoms with Crippen molar-refractivity contribution in [3.05, 3.63) is 23.0 Å². The first-order chi connectivity index (χ1) is 8.54. The van der Waals surface area contributed by atoms with Crippen LogP contribution in [0.15, 0.2) is 12.4 Å². The molecule has 2 unspecified atom stereocenters. The molecule has 0 radical (unpaired) electrons. The van der Waals surface area contributed by atoms with Gasteiger partial charge in [-0.25, -0.2) is 9.97 Å². The average Bonchev–Trinajstić information content (AvgIpc) is 2.72. The van der Waals surface area contributed by atoms with Crippen LogP contribution in [0.1, 0.15) is 44.2 Å². The predicted molar refractivity (Wildman–Crippen MR) is 79.7 cm³/mol. The van der Waals surface area contributed by atoms with Gasteiger partial charge in [-0.1, -0.05) is 20.8 Å². The Balaban J connectivity index is 2.58. The van der Waals surface area contributed by atoms with Crippen LogP contribution in [-0.2, 0) is 6.42 Å². The molecule has 2 atom stereocenters. The van der Waals surface area contributed by atoms with Crippen LogP contribution < -0.4 is 0 Å². The van der Waals surface area contributed by atoms with E-state index in [-0.39, 0.29) is 11.3 Å². The molecule has 2 aromatic rings. The Labute approximate surface area is 117 Å². The quantitative estimate of drug-likeness (QED) is 0.765. The molecule has 0 spiro atoms. The number of thiophene rings is 1. The van der Waals surface area contributed by atoms with Crippen LogP contribution in [0.2, 0.25) is 0 Å². The summed E-state index contributed by atoms with van der Waals surface area (Å²) < 4.78 is 0. The number of nitrogens with zero attached hydrogens (tertiary/aromatic N) is 2. The summed E-state index contributed by atoms with van der Waals surface area (Å²) in [6, 6.07) is 2.23. The van der Waals surface area contributed by atoms with Gasteiger partial charge in [0.25, 0.3) is 0 Å². The highest BCUT2D eigenvalue weighted by Crippen LogP contribution is 2.36. The fourth-order valence-corrected chi connectivity index (χ4v) is 3.78. The third-order valence-electron chi connectivity index (χ3n) is 3.29. The molecular formula is C14H19ClN2S. The maximum absolute atomic E-state index is 6.36. The summed E-state index contributed by atoms with van der Waals surface area (Å²) in [6.07, 6.45) is 2.71. The number of hydrogen-bond donors (Lipinski definition) is 0. The average molecular weight is 283 g/mol. The van der Waals surface area contributed by atoms with Crippen molar-refractivity contribution in [2.45, 2.75) is 45.4 Å². The number of alkyl halides is 1. The maximum atomic E-state index is 6.36. The molecular weight excluding hydrogens is 264 g/mol. The van der Waals surface area contributed by atoms with Crippen LogP contribution in [-0.4, -0.2) is 15.3 Å². The van der Waals surface area contributed by atoms with E-state index in [0.717, 1.165) is 16.9 Å². The van der Waals surface area contributed by atoms with E-state index in [0.29, 0.717) is 5.92 Å². The van der Waals surface area contributed by atoms with Crippen molar-refractivity contribution >= 4 is 33.2 Å². The monoisotopic (exact) mass is 282 g/mol. The van der Waals surface area contributed by atoms with Gasteiger partial charge in [-0.3, -0.25) is 0 Å². The molecule has 0 saturated carbocycles. The van der Waals surface area contributed by atoms with Gasteiger partial charge in [-0.15, -0.1) is 22.9 Å². The molecule has 2 heterocycles. The Morgan fingerprint density at radius 2 is 2.00 bits per heavy atom. The topological polar surface area (TPSA) is 25.8 Å². The molecule has 0 aromatic carbocycles. The first kappa shape index (κ1) is 13.8. The summed E-state index contributed by atoms with van der Waals surface area (Å²) in [5, 5.41) is 1.26. The van der Waals surface area contributed by atoms with Crippen molar-refractivity contribution in [1.82, 2.24) is 9.97 Å². The Bertz CT molecular complexity index is 526. The minimum absolute atomic E-state index is 0.0769. The van der Waals surface area contributed by atoms with Gasteiger partial charge in [0.15, 0.2) is 0 Å². The number of hydrogen-bond acceptors (Lipinski definition) is 3. The highest BCUT2D eigenvalue weighted by molar-refractivity contribution is 7.18. The number of aryl methyl sites for hydroxylation is 1. The second kappa shape index (κ2) is 5.54. The molecule has 0 aliphatic heterocycles. The summed E-state index contributed by atoms with van der Waals surface area (Å²) in [5.41, 5.74) is 1.11. The van der Waals surface area contributed by atoms with Crippen molar-refractivity contribution < 1.29 is 0 Å². The third kappa shape index (κ3) is 2.52. The second-order valence-corrected chi connectivity index (χ2v) is 6.79. The van der Waals surface area contributed by atoms with Gasteiger partial charge in [0, 0.05) is 21.6 Å². The van der Waals surface area contributed by atoms with E-state index in [9.17, 15) is 0 Å². The van der Waals surface area contributed by atoms with Crippen molar-refractivity contribution in [1.29, 1.82) is 0 Å². The fraction of sp³-hybridized carbons (Fsp3) is 0.571. The van der Waals surface area contributed by atoms with E-state index in [1.165, 1.54) is 10.3 Å². The van der Waals surface area contributed by atoms with Crippen molar-refractivity contribution in [2.75, 3.05) is 0 Å². The lowest BCUT2D eigenvalue weighted by atomic mass is 9.88. The van der Waals surface area contributed by atoms with Gasteiger partial charge in [0.2, 0.25) is 0 Å². The standard InChI is InChI=1S/C14H19ClN2S/c1-5-10-6-11-13(12(8(2)3)9(4)15)16-7-17-14(11)18-10/h6-9,12H,5H2,1-4H3. The Morgan fingerprint density at radius 3 is 2.56 bits per heavy atom. The fourth-order valence-electron chi connectivity index (χ4n) is 2.43. The number of fused-ring (bicyclic) bond motifs is 1. The minimum atomic E-state index is 0.0769. The lowest BCUT2D eigenvalue weighted by molar-refractivity contribution is 0.483. The lowest BCUT2D eigenvalue weighted by Crippen LogP contribution is -2.17. The SMILES string of the molecule is CCc1cc2c(C(C(C)C)C(C)Cl)ncnc2s1. The molecule has 2 aromatic heterocycles. The summed E-state index contributed by atoms with van der Waals surface area (Å²) in [6.45, 7) is 8.62. The summed E-state index contributed by atoms with van der Waals surface area (Å²) in [4.78, 5) is 11.3. The smallest absolute Gasteiger partial charge is 0.127 e. The molecule has 0 saturated heterocycles. The zero-order chi connectivity index (χ0) is 13.3. The molecule has 2 rings (SSSR count). The predicted octanol–water partition coefficient (Wildman–Crippen LogP) is 4.62. The van der Waals surface area contributed by atoms with E-state index in [4.69, 9.17) is 11.6 Å². The summed E-state index contributed by atoms with van der Waals surface area (Å²) >= 11 is 8.12. The number of halogens is 1. The molecule has 0 N–H and O–H groups in total. The van der Waals surface area contributed by atoms with Crippen LogP contribution in [0.4, 0.5) is 0 Å². The van der Waals surface area contributed by atoms with E-state index in [2.05, 4.69) is 36.8 Å². The van der Waals surface area contributed by atoms with Gasteiger partial charge in [-0.2, -0.15) is 0 Å². The molecule has 18 heavy (non-hydrogen) atoms. The first-order valence-electron chi connectivity index (χ1n) is 6.42. The number of aromatic nitrogens is 2. The molecule has 0 amide bonds. The van der Waals surface area contributed by atoms with E-state index < -0.39 is 0 Å². The van der Waals surface area contributed by atoms with Gasteiger partial charge >= 0.3 is 0 Å².